The first-order chi connectivity index (χ1) is 14.7. The van der Waals surface area contributed by atoms with Gasteiger partial charge in [-0.2, -0.15) is 0 Å². The number of nitrogens with zero attached hydrogens (tertiary/aromatic N) is 1. The highest BCUT2D eigenvalue weighted by molar-refractivity contribution is 7.92. The zero-order valence-corrected chi connectivity index (χ0v) is 19.3. The van der Waals surface area contributed by atoms with Crippen LogP contribution in [0, 0.1) is 13.8 Å². The monoisotopic (exact) mass is 446 g/mol. The summed E-state index contributed by atoms with van der Waals surface area (Å²) in [6.45, 7) is 6.48. The largest absolute Gasteiger partial charge is 0.454 e. The molecule has 7 nitrogen and oxygen atoms in total. The molecule has 1 atom stereocenters. The van der Waals surface area contributed by atoms with Gasteiger partial charge < -0.3 is 14.8 Å². The maximum atomic E-state index is 12.5. The smallest absolute Gasteiger partial charge is 0.232 e. The van der Waals surface area contributed by atoms with E-state index in [-0.39, 0.29) is 31.7 Å². The van der Waals surface area contributed by atoms with Crippen molar-refractivity contribution in [1.29, 1.82) is 0 Å². The van der Waals surface area contributed by atoms with E-state index in [0.29, 0.717) is 23.6 Å². The average Bonchev–Trinajstić information content (AvgIpc) is 3.18. The zero-order valence-electron chi connectivity index (χ0n) is 18.5. The first kappa shape index (κ1) is 22.9. The summed E-state index contributed by atoms with van der Waals surface area (Å²) in [5, 5.41) is 3.07. The highest BCUT2D eigenvalue weighted by Gasteiger charge is 2.22. The molecule has 0 unspecified atom stereocenters. The van der Waals surface area contributed by atoms with Gasteiger partial charge in [0.25, 0.3) is 0 Å². The van der Waals surface area contributed by atoms with Crippen LogP contribution in [0.4, 0.5) is 5.69 Å². The SMILES string of the molecule is CC[C@@H](NC(=O)CCCN(c1ccc2c(c1)OCO2)S(C)(=O)=O)c1ccc(C)c(C)c1. The van der Waals surface area contributed by atoms with E-state index in [2.05, 4.69) is 31.3 Å². The second kappa shape index (κ2) is 9.60. The Balaban J connectivity index is 1.61. The zero-order chi connectivity index (χ0) is 22.6. The van der Waals surface area contributed by atoms with Gasteiger partial charge in [-0.1, -0.05) is 25.1 Å². The quantitative estimate of drug-likeness (QED) is 0.633. The van der Waals surface area contributed by atoms with Crippen LogP contribution in [0.2, 0.25) is 0 Å². The van der Waals surface area contributed by atoms with E-state index in [4.69, 9.17) is 9.47 Å². The van der Waals surface area contributed by atoms with Gasteiger partial charge in [-0.3, -0.25) is 9.10 Å². The molecule has 0 saturated heterocycles. The Bertz CT molecular complexity index is 1050. The minimum Gasteiger partial charge on any atom is -0.454 e. The lowest BCUT2D eigenvalue weighted by molar-refractivity contribution is -0.121. The van der Waals surface area contributed by atoms with E-state index in [9.17, 15) is 13.2 Å². The Morgan fingerprint density at radius 3 is 2.52 bits per heavy atom. The van der Waals surface area contributed by atoms with Gasteiger partial charge in [0.15, 0.2) is 11.5 Å². The summed E-state index contributed by atoms with van der Waals surface area (Å²) >= 11 is 0. The van der Waals surface area contributed by atoms with Crippen molar-refractivity contribution in [3.05, 3.63) is 53.1 Å². The number of hydrogen-bond donors (Lipinski definition) is 1. The van der Waals surface area contributed by atoms with Crippen LogP contribution in [0.15, 0.2) is 36.4 Å². The molecule has 31 heavy (non-hydrogen) atoms. The molecule has 8 heteroatoms. The van der Waals surface area contributed by atoms with Crippen LogP contribution in [0.25, 0.3) is 0 Å². The van der Waals surface area contributed by atoms with Crippen LogP contribution in [0.5, 0.6) is 11.5 Å². The second-order valence-electron chi connectivity index (χ2n) is 7.85. The number of rotatable bonds is 9. The van der Waals surface area contributed by atoms with Crippen LogP contribution in [0.3, 0.4) is 0 Å². The summed E-state index contributed by atoms with van der Waals surface area (Å²) in [4.78, 5) is 12.5. The molecule has 168 valence electrons. The highest BCUT2D eigenvalue weighted by atomic mass is 32.2. The lowest BCUT2D eigenvalue weighted by atomic mass is 9.99. The molecule has 1 amide bonds. The van der Waals surface area contributed by atoms with Crippen LogP contribution >= 0.6 is 0 Å². The molecule has 1 heterocycles. The summed E-state index contributed by atoms with van der Waals surface area (Å²) in [7, 11) is -3.51. The number of sulfonamides is 1. The van der Waals surface area contributed by atoms with E-state index in [1.807, 2.05) is 13.0 Å². The van der Waals surface area contributed by atoms with Crippen molar-refractivity contribution in [1.82, 2.24) is 5.32 Å². The fourth-order valence-corrected chi connectivity index (χ4v) is 4.54. The maximum absolute atomic E-state index is 12.5. The van der Waals surface area contributed by atoms with E-state index in [0.717, 1.165) is 18.2 Å². The number of aryl methyl sites for hydroxylation is 2. The summed E-state index contributed by atoms with van der Waals surface area (Å²) in [6, 6.07) is 11.2. The molecule has 3 rings (SSSR count). The fourth-order valence-electron chi connectivity index (χ4n) is 3.58. The molecule has 1 N–H and O–H groups in total. The second-order valence-corrected chi connectivity index (χ2v) is 9.76. The molecule has 0 saturated carbocycles. The molecular formula is C23H30N2O5S. The third kappa shape index (κ3) is 5.70. The predicted molar refractivity (Wildman–Crippen MR) is 121 cm³/mol. The topological polar surface area (TPSA) is 84.9 Å². The van der Waals surface area contributed by atoms with Gasteiger partial charge in [-0.05, 0) is 55.5 Å². The Labute approximate surface area is 184 Å². The van der Waals surface area contributed by atoms with Crippen molar-refractivity contribution in [3.8, 4) is 11.5 Å². The van der Waals surface area contributed by atoms with E-state index in [1.54, 1.807) is 18.2 Å². The van der Waals surface area contributed by atoms with Crippen molar-refractivity contribution in [2.75, 3.05) is 23.9 Å². The molecule has 1 aliphatic heterocycles. The number of hydrogen-bond acceptors (Lipinski definition) is 5. The van der Waals surface area contributed by atoms with Crippen LogP contribution in [-0.2, 0) is 14.8 Å². The number of nitrogens with one attached hydrogen (secondary N) is 1. The van der Waals surface area contributed by atoms with Gasteiger partial charge in [0.2, 0.25) is 22.7 Å². The Morgan fingerprint density at radius 2 is 1.84 bits per heavy atom. The lowest BCUT2D eigenvalue weighted by Gasteiger charge is -2.23. The molecule has 0 spiro atoms. The standard InChI is InChI=1S/C23H30N2O5S/c1-5-20(18-9-8-16(2)17(3)13-18)24-23(26)7-6-12-25(31(4,27)28)19-10-11-21-22(14-19)30-15-29-21/h8-11,13-14,20H,5-7,12,15H2,1-4H3,(H,24,26)/t20-/m1/s1. The van der Waals surface area contributed by atoms with Crippen LogP contribution in [0.1, 0.15) is 48.9 Å². The number of fused-ring (bicyclic) bond motifs is 1. The average molecular weight is 447 g/mol. The molecule has 1 aliphatic rings. The van der Waals surface area contributed by atoms with E-state index in [1.165, 1.54) is 15.4 Å². The first-order valence-electron chi connectivity index (χ1n) is 10.4. The highest BCUT2D eigenvalue weighted by Crippen LogP contribution is 2.36. The third-order valence-corrected chi connectivity index (χ3v) is 6.68. The molecule has 0 bridgehead atoms. The number of anilines is 1. The molecular weight excluding hydrogens is 416 g/mol. The van der Waals surface area contributed by atoms with Gasteiger partial charge in [-0.25, -0.2) is 8.42 Å². The Hall–Kier alpha value is -2.74. The van der Waals surface area contributed by atoms with Gasteiger partial charge in [0, 0.05) is 19.0 Å². The Morgan fingerprint density at radius 1 is 1.10 bits per heavy atom. The van der Waals surface area contributed by atoms with Crippen molar-refractivity contribution in [2.45, 2.75) is 46.1 Å². The number of carbonyl (C=O) groups excluding carboxylic acids is 1. The van der Waals surface area contributed by atoms with Crippen LogP contribution < -0.4 is 19.1 Å². The maximum Gasteiger partial charge on any atom is 0.232 e. The van der Waals surface area contributed by atoms with Gasteiger partial charge in [0.1, 0.15) is 0 Å². The van der Waals surface area contributed by atoms with Crippen molar-refractivity contribution >= 4 is 21.6 Å². The van der Waals surface area contributed by atoms with Gasteiger partial charge >= 0.3 is 0 Å². The number of benzene rings is 2. The number of carbonyl (C=O) groups is 1. The van der Waals surface area contributed by atoms with E-state index < -0.39 is 10.0 Å². The van der Waals surface area contributed by atoms with Crippen molar-refractivity contribution in [2.24, 2.45) is 0 Å². The first-order valence-corrected chi connectivity index (χ1v) is 12.3. The summed E-state index contributed by atoms with van der Waals surface area (Å²) in [5.41, 5.74) is 3.98. The minimum atomic E-state index is -3.51. The Kier molecular flexibility index (Phi) is 7.10. The molecule has 0 aromatic heterocycles. The normalized spacial score (nSPS) is 13.7. The predicted octanol–water partition coefficient (Wildman–Crippen LogP) is 3.85. The lowest BCUT2D eigenvalue weighted by Crippen LogP contribution is -2.33. The molecule has 2 aromatic rings. The van der Waals surface area contributed by atoms with Crippen molar-refractivity contribution < 1.29 is 22.7 Å². The number of ether oxygens (including phenoxy) is 2. The minimum absolute atomic E-state index is 0.0633. The summed E-state index contributed by atoms with van der Waals surface area (Å²) in [6.07, 6.45) is 2.57. The molecule has 0 aliphatic carbocycles. The third-order valence-electron chi connectivity index (χ3n) is 5.49. The summed E-state index contributed by atoms with van der Waals surface area (Å²) in [5.74, 6) is 1.01. The molecule has 0 fully saturated rings. The van der Waals surface area contributed by atoms with Crippen LogP contribution in [-0.4, -0.2) is 33.9 Å². The van der Waals surface area contributed by atoms with Crippen molar-refractivity contribution in [3.63, 3.8) is 0 Å². The van der Waals surface area contributed by atoms with Gasteiger partial charge in [-0.15, -0.1) is 0 Å². The van der Waals surface area contributed by atoms with E-state index >= 15 is 0 Å². The van der Waals surface area contributed by atoms with Gasteiger partial charge in [0.05, 0.1) is 18.0 Å². The fraction of sp³-hybridized carbons (Fsp3) is 0.435. The summed E-state index contributed by atoms with van der Waals surface area (Å²) < 4.78 is 36.6. The number of amides is 1. The molecule has 0 radical (unpaired) electrons. The molecule has 2 aromatic carbocycles.